The van der Waals surface area contributed by atoms with E-state index in [9.17, 15) is 9.59 Å². The molecule has 1 heterocycles. The molecule has 2 amide bonds. The highest BCUT2D eigenvalue weighted by Crippen LogP contribution is 2.32. The number of allylic oxidation sites excluding steroid dienone is 1. The number of carbonyl (C=O) groups is 2. The van der Waals surface area contributed by atoms with Crippen LogP contribution in [0.2, 0.25) is 0 Å². The smallest absolute Gasteiger partial charge is 0.251 e. The highest BCUT2D eigenvalue weighted by atomic mass is 32.2. The summed E-state index contributed by atoms with van der Waals surface area (Å²) >= 11 is 1.42. The van der Waals surface area contributed by atoms with Gasteiger partial charge in [-0.25, -0.2) is 0 Å². The molecular formula is C29H41N5O4S. The summed E-state index contributed by atoms with van der Waals surface area (Å²) in [6, 6.07) is 5.75. The Morgan fingerprint density at radius 1 is 1.03 bits per heavy atom. The van der Waals surface area contributed by atoms with Crippen LogP contribution >= 0.6 is 11.8 Å². The fourth-order valence-corrected chi connectivity index (χ4v) is 6.57. The van der Waals surface area contributed by atoms with Gasteiger partial charge in [-0.05, 0) is 43.9 Å². The summed E-state index contributed by atoms with van der Waals surface area (Å²) in [4.78, 5) is 28.7. The first kappa shape index (κ1) is 29.0. The molecule has 2 aliphatic carbocycles. The number of benzene rings is 1. The number of hydrogen-bond donors (Lipinski definition) is 1. The van der Waals surface area contributed by atoms with Crippen LogP contribution in [0.25, 0.3) is 0 Å². The molecule has 2 saturated carbocycles. The van der Waals surface area contributed by atoms with Gasteiger partial charge in [0.2, 0.25) is 5.91 Å². The van der Waals surface area contributed by atoms with Crippen LogP contribution in [0, 0.1) is 0 Å². The number of carbonyl (C=O) groups excluding carboxylic acids is 2. The number of amides is 2. The average Bonchev–Trinajstić information content (AvgIpc) is 3.37. The van der Waals surface area contributed by atoms with E-state index in [0.717, 1.165) is 25.7 Å². The molecule has 39 heavy (non-hydrogen) atoms. The summed E-state index contributed by atoms with van der Waals surface area (Å²) in [6.07, 6.45) is 13.6. The van der Waals surface area contributed by atoms with Gasteiger partial charge < -0.3 is 24.3 Å². The minimum Gasteiger partial charge on any atom is -0.493 e. The highest BCUT2D eigenvalue weighted by Gasteiger charge is 2.32. The maximum Gasteiger partial charge on any atom is 0.251 e. The van der Waals surface area contributed by atoms with Gasteiger partial charge in [0.25, 0.3) is 5.91 Å². The zero-order chi connectivity index (χ0) is 27.6. The molecule has 0 atom stereocenters. The maximum absolute atomic E-state index is 13.6. The van der Waals surface area contributed by atoms with E-state index in [0.29, 0.717) is 52.4 Å². The molecular weight excluding hydrogens is 514 g/mol. The lowest BCUT2D eigenvalue weighted by Crippen LogP contribution is -2.49. The molecule has 0 saturated heterocycles. The number of ether oxygens (including phenoxy) is 2. The lowest BCUT2D eigenvalue weighted by Gasteiger charge is -2.41. The second-order valence-corrected chi connectivity index (χ2v) is 11.2. The van der Waals surface area contributed by atoms with Gasteiger partial charge in [0, 0.05) is 24.2 Å². The van der Waals surface area contributed by atoms with Gasteiger partial charge >= 0.3 is 0 Å². The number of rotatable bonds is 12. The number of aromatic nitrogens is 3. The SMILES string of the molecule is C=CCn1c(CNC(=O)c2ccc(OC)c(OC)c2)nnc1SCC(=O)N(C1CCCCC1)C1CCCCC1. The third-order valence-corrected chi connectivity index (χ3v) is 8.66. The molecule has 2 aromatic rings. The highest BCUT2D eigenvalue weighted by molar-refractivity contribution is 7.99. The monoisotopic (exact) mass is 555 g/mol. The number of thioether (sulfide) groups is 1. The van der Waals surface area contributed by atoms with Crippen LogP contribution in [0.1, 0.15) is 80.4 Å². The van der Waals surface area contributed by atoms with Crippen molar-refractivity contribution in [2.24, 2.45) is 0 Å². The molecule has 10 heteroatoms. The Hall–Kier alpha value is -3.01. The summed E-state index contributed by atoms with van der Waals surface area (Å²) in [5.74, 6) is 1.93. The van der Waals surface area contributed by atoms with E-state index in [2.05, 4.69) is 27.0 Å². The molecule has 2 aliphatic rings. The lowest BCUT2D eigenvalue weighted by atomic mass is 9.88. The van der Waals surface area contributed by atoms with Crippen molar-refractivity contribution in [2.75, 3.05) is 20.0 Å². The van der Waals surface area contributed by atoms with Crippen molar-refractivity contribution >= 4 is 23.6 Å². The van der Waals surface area contributed by atoms with Gasteiger partial charge in [-0.2, -0.15) is 0 Å². The van der Waals surface area contributed by atoms with E-state index in [-0.39, 0.29) is 18.4 Å². The van der Waals surface area contributed by atoms with E-state index < -0.39 is 0 Å². The number of nitrogens with zero attached hydrogens (tertiary/aromatic N) is 4. The minimum atomic E-state index is -0.260. The van der Waals surface area contributed by atoms with E-state index in [1.807, 2.05) is 4.57 Å². The third-order valence-electron chi connectivity index (χ3n) is 7.71. The second kappa shape index (κ2) is 14.4. The first-order valence-corrected chi connectivity index (χ1v) is 15.0. The van der Waals surface area contributed by atoms with Crippen LogP contribution in [-0.2, 0) is 17.9 Å². The van der Waals surface area contributed by atoms with Crippen molar-refractivity contribution in [3.63, 3.8) is 0 Å². The summed E-state index contributed by atoms with van der Waals surface area (Å²) in [5.41, 5.74) is 0.452. The molecule has 212 valence electrons. The summed E-state index contributed by atoms with van der Waals surface area (Å²) in [5, 5.41) is 12.3. The Morgan fingerprint density at radius 2 is 1.67 bits per heavy atom. The van der Waals surface area contributed by atoms with Crippen LogP contribution in [0.15, 0.2) is 36.0 Å². The van der Waals surface area contributed by atoms with Crippen molar-refractivity contribution in [1.82, 2.24) is 25.0 Å². The summed E-state index contributed by atoms with van der Waals surface area (Å²) < 4.78 is 12.5. The first-order valence-electron chi connectivity index (χ1n) is 14.0. The van der Waals surface area contributed by atoms with E-state index in [1.165, 1.54) is 57.4 Å². The number of hydrogen-bond acceptors (Lipinski definition) is 7. The van der Waals surface area contributed by atoms with Crippen molar-refractivity contribution < 1.29 is 19.1 Å². The van der Waals surface area contributed by atoms with Gasteiger partial charge in [0.15, 0.2) is 22.5 Å². The summed E-state index contributed by atoms with van der Waals surface area (Å²) in [7, 11) is 3.08. The zero-order valence-corrected chi connectivity index (χ0v) is 24.0. The normalized spacial score (nSPS) is 16.5. The average molecular weight is 556 g/mol. The quantitative estimate of drug-likeness (QED) is 0.291. The number of methoxy groups -OCH3 is 2. The Morgan fingerprint density at radius 3 is 2.26 bits per heavy atom. The van der Waals surface area contributed by atoms with Crippen molar-refractivity contribution in [2.45, 2.75) is 94.5 Å². The predicted octanol–water partition coefficient (Wildman–Crippen LogP) is 5.00. The van der Waals surface area contributed by atoms with Gasteiger partial charge in [0.05, 0.1) is 26.5 Å². The van der Waals surface area contributed by atoms with Gasteiger partial charge in [-0.1, -0.05) is 56.4 Å². The Bertz CT molecular complexity index is 1110. The van der Waals surface area contributed by atoms with Crippen molar-refractivity contribution in [1.29, 1.82) is 0 Å². The molecule has 0 aliphatic heterocycles. The molecule has 2 fully saturated rings. The van der Waals surface area contributed by atoms with E-state index in [1.54, 1.807) is 31.4 Å². The van der Waals surface area contributed by atoms with Crippen LogP contribution in [0.4, 0.5) is 0 Å². The lowest BCUT2D eigenvalue weighted by molar-refractivity contribution is -0.135. The predicted molar refractivity (Wildman–Crippen MR) is 152 cm³/mol. The van der Waals surface area contributed by atoms with Gasteiger partial charge in [-0.3, -0.25) is 9.59 Å². The maximum atomic E-state index is 13.6. The minimum absolute atomic E-state index is 0.193. The van der Waals surface area contributed by atoms with E-state index >= 15 is 0 Å². The molecule has 1 N–H and O–H groups in total. The van der Waals surface area contributed by atoms with Crippen molar-refractivity contribution in [3.05, 3.63) is 42.2 Å². The molecule has 1 aromatic heterocycles. The van der Waals surface area contributed by atoms with Crippen LogP contribution in [0.3, 0.4) is 0 Å². The van der Waals surface area contributed by atoms with Gasteiger partial charge in [0.1, 0.15) is 0 Å². The van der Waals surface area contributed by atoms with E-state index in [4.69, 9.17) is 9.47 Å². The Labute approximate surface area is 235 Å². The molecule has 0 bridgehead atoms. The standard InChI is InChI=1S/C29H41N5O4S/c1-4-17-33-26(19-30-28(36)21-15-16-24(37-2)25(18-21)38-3)31-32-29(33)39-20-27(35)34(22-11-7-5-8-12-22)23-13-9-6-10-14-23/h4,15-16,18,22-23H,1,5-14,17,19-20H2,2-3H3,(H,30,36). The summed E-state index contributed by atoms with van der Waals surface area (Å²) in [6.45, 7) is 4.55. The molecule has 9 nitrogen and oxygen atoms in total. The van der Waals surface area contributed by atoms with Crippen molar-refractivity contribution in [3.8, 4) is 11.5 Å². The molecule has 1 aromatic carbocycles. The first-order chi connectivity index (χ1) is 19.0. The molecule has 0 spiro atoms. The van der Waals surface area contributed by atoms with Crippen LogP contribution in [-0.4, -0.2) is 63.5 Å². The fraction of sp³-hybridized carbons (Fsp3) is 0.586. The molecule has 4 rings (SSSR count). The molecule has 0 unspecified atom stereocenters. The Kier molecular flexibility index (Phi) is 10.7. The van der Waals surface area contributed by atoms with Crippen LogP contribution < -0.4 is 14.8 Å². The van der Waals surface area contributed by atoms with Crippen LogP contribution in [0.5, 0.6) is 11.5 Å². The Balaban J connectivity index is 1.41. The molecule has 0 radical (unpaired) electrons. The second-order valence-electron chi connectivity index (χ2n) is 10.2. The topological polar surface area (TPSA) is 98.6 Å². The van der Waals surface area contributed by atoms with Gasteiger partial charge in [-0.15, -0.1) is 16.8 Å². The largest absolute Gasteiger partial charge is 0.493 e. The number of nitrogens with one attached hydrogen (secondary N) is 1. The third kappa shape index (κ3) is 7.35. The fourth-order valence-electron chi connectivity index (χ4n) is 5.73. The zero-order valence-electron chi connectivity index (χ0n) is 23.2.